The van der Waals surface area contributed by atoms with E-state index in [0.717, 1.165) is 5.56 Å². The molecule has 0 spiro atoms. The van der Waals surface area contributed by atoms with Gasteiger partial charge in [-0.3, -0.25) is 9.59 Å². The lowest BCUT2D eigenvalue weighted by molar-refractivity contribution is -0.152. The van der Waals surface area contributed by atoms with Crippen molar-refractivity contribution in [2.45, 2.75) is 44.4 Å². The number of aryl methyl sites for hydroxylation is 1. The number of nitrogens with zero attached hydrogens (tertiary/aromatic N) is 2. The first-order chi connectivity index (χ1) is 14.8. The molecule has 0 saturated carbocycles. The number of amides is 1. The predicted molar refractivity (Wildman–Crippen MR) is 115 cm³/mol. The molecule has 0 aromatic heterocycles. The summed E-state index contributed by atoms with van der Waals surface area (Å²) in [4.78, 5) is 26.9. The van der Waals surface area contributed by atoms with Crippen LogP contribution in [0.1, 0.15) is 38.2 Å². The molecule has 31 heavy (non-hydrogen) atoms. The van der Waals surface area contributed by atoms with E-state index < -0.39 is 10.0 Å². The topological polar surface area (TPSA) is 93.2 Å². The molecule has 1 aromatic carbocycles. The fourth-order valence-electron chi connectivity index (χ4n) is 4.34. The fraction of sp³-hybridized carbons (Fsp3) is 0.636. The van der Waals surface area contributed by atoms with E-state index in [0.29, 0.717) is 57.7 Å². The van der Waals surface area contributed by atoms with Gasteiger partial charge in [0.15, 0.2) is 0 Å². The number of piperidine rings is 2. The van der Waals surface area contributed by atoms with E-state index in [2.05, 4.69) is 0 Å². The van der Waals surface area contributed by atoms with Crippen molar-refractivity contribution in [1.82, 2.24) is 9.21 Å². The molecular weight excluding hydrogens is 420 g/mol. The van der Waals surface area contributed by atoms with Crippen LogP contribution in [0.4, 0.5) is 0 Å². The van der Waals surface area contributed by atoms with Gasteiger partial charge >= 0.3 is 5.97 Å². The highest BCUT2D eigenvalue weighted by atomic mass is 32.2. The van der Waals surface area contributed by atoms with Gasteiger partial charge in [-0.05, 0) is 57.2 Å². The van der Waals surface area contributed by atoms with E-state index in [1.807, 2.05) is 6.92 Å². The number of carbonyl (C=O) groups excluding carboxylic acids is 2. The van der Waals surface area contributed by atoms with Crippen LogP contribution in [0.25, 0.3) is 0 Å². The smallest absolute Gasteiger partial charge is 0.309 e. The molecule has 0 unspecified atom stereocenters. The maximum absolute atomic E-state index is 13.3. The molecule has 0 bridgehead atoms. The quantitative estimate of drug-likeness (QED) is 0.615. The number of ether oxygens (including phenoxy) is 2. The highest BCUT2D eigenvalue weighted by Crippen LogP contribution is 2.31. The van der Waals surface area contributed by atoms with Gasteiger partial charge in [-0.25, -0.2) is 8.42 Å². The van der Waals surface area contributed by atoms with Gasteiger partial charge in [0.1, 0.15) is 10.6 Å². The molecule has 2 aliphatic rings. The van der Waals surface area contributed by atoms with E-state index >= 15 is 0 Å². The molecule has 1 atom stereocenters. The van der Waals surface area contributed by atoms with Crippen LogP contribution in [0.15, 0.2) is 23.1 Å². The molecule has 1 aromatic rings. The predicted octanol–water partition coefficient (Wildman–Crippen LogP) is 2.21. The molecule has 2 saturated heterocycles. The Kier molecular flexibility index (Phi) is 7.59. The monoisotopic (exact) mass is 452 g/mol. The first-order valence-electron chi connectivity index (χ1n) is 10.9. The zero-order valence-corrected chi connectivity index (χ0v) is 19.3. The van der Waals surface area contributed by atoms with Gasteiger partial charge in [0.25, 0.3) is 0 Å². The van der Waals surface area contributed by atoms with Crippen LogP contribution in [0, 0.1) is 18.8 Å². The zero-order chi connectivity index (χ0) is 22.6. The molecular formula is C22H32N2O6S. The highest BCUT2D eigenvalue weighted by molar-refractivity contribution is 7.89. The van der Waals surface area contributed by atoms with Crippen molar-refractivity contribution in [2.75, 3.05) is 39.9 Å². The first-order valence-corrected chi connectivity index (χ1v) is 12.3. The second-order valence-electron chi connectivity index (χ2n) is 8.21. The molecule has 2 fully saturated rings. The van der Waals surface area contributed by atoms with Gasteiger partial charge in [-0.1, -0.05) is 6.07 Å². The molecule has 172 valence electrons. The van der Waals surface area contributed by atoms with Gasteiger partial charge in [0.05, 0.1) is 25.6 Å². The maximum atomic E-state index is 13.3. The fourth-order valence-corrected chi connectivity index (χ4v) is 6.11. The number of likely N-dealkylation sites (tertiary alicyclic amines) is 1. The van der Waals surface area contributed by atoms with Crippen molar-refractivity contribution in [3.05, 3.63) is 23.8 Å². The molecule has 1 amide bonds. The summed E-state index contributed by atoms with van der Waals surface area (Å²) in [5.74, 6) is -0.463. The van der Waals surface area contributed by atoms with Crippen LogP contribution >= 0.6 is 0 Å². The summed E-state index contributed by atoms with van der Waals surface area (Å²) >= 11 is 0. The summed E-state index contributed by atoms with van der Waals surface area (Å²) in [6, 6.07) is 5.07. The maximum Gasteiger partial charge on any atom is 0.309 e. The number of hydrogen-bond acceptors (Lipinski definition) is 6. The third-order valence-electron chi connectivity index (χ3n) is 6.10. The minimum absolute atomic E-state index is 0.0292. The third kappa shape index (κ3) is 5.20. The standard InChI is InChI=1S/C22H32N2O6S/c1-4-30-22(26)17-9-12-23(13-10-17)21(25)18-6-5-11-24(15-18)31(27,28)20-14-16(2)7-8-19(20)29-3/h7-8,14,17-18H,4-6,9-13,15H2,1-3H3/t18-/m1/s1. The van der Waals surface area contributed by atoms with E-state index in [4.69, 9.17) is 9.47 Å². The minimum atomic E-state index is -3.77. The Balaban J connectivity index is 1.67. The lowest BCUT2D eigenvalue weighted by Crippen LogP contribution is -2.49. The Labute approximate surface area is 184 Å². The largest absolute Gasteiger partial charge is 0.495 e. The molecule has 3 rings (SSSR count). The Bertz CT molecular complexity index is 909. The van der Waals surface area contributed by atoms with E-state index in [9.17, 15) is 18.0 Å². The van der Waals surface area contributed by atoms with Crippen molar-refractivity contribution < 1.29 is 27.5 Å². The van der Waals surface area contributed by atoms with E-state index in [1.54, 1.807) is 30.0 Å². The minimum Gasteiger partial charge on any atom is -0.495 e. The molecule has 8 nitrogen and oxygen atoms in total. The molecule has 0 N–H and O–H groups in total. The summed E-state index contributed by atoms with van der Waals surface area (Å²) in [7, 11) is -2.32. The number of rotatable bonds is 6. The molecule has 2 aliphatic heterocycles. The van der Waals surface area contributed by atoms with Crippen LogP contribution in [0.3, 0.4) is 0 Å². The number of methoxy groups -OCH3 is 1. The van der Waals surface area contributed by atoms with Crippen molar-refractivity contribution in [3.63, 3.8) is 0 Å². The Hall–Kier alpha value is -2.13. The number of benzene rings is 1. The van der Waals surface area contributed by atoms with Crippen LogP contribution < -0.4 is 4.74 Å². The summed E-state index contributed by atoms with van der Waals surface area (Å²) in [6.07, 6.45) is 2.45. The molecule has 2 heterocycles. The number of hydrogen-bond donors (Lipinski definition) is 0. The van der Waals surface area contributed by atoms with Crippen LogP contribution in [0.5, 0.6) is 5.75 Å². The summed E-state index contributed by atoms with van der Waals surface area (Å²) in [5, 5.41) is 0. The van der Waals surface area contributed by atoms with Crippen molar-refractivity contribution in [3.8, 4) is 5.75 Å². The highest BCUT2D eigenvalue weighted by Gasteiger charge is 2.37. The van der Waals surface area contributed by atoms with Crippen LogP contribution in [-0.4, -0.2) is 69.4 Å². The lowest BCUT2D eigenvalue weighted by Gasteiger charge is -2.37. The second-order valence-corrected chi connectivity index (χ2v) is 10.1. The molecule has 0 radical (unpaired) electrons. The Morgan fingerprint density at radius 2 is 1.81 bits per heavy atom. The van der Waals surface area contributed by atoms with Gasteiger partial charge < -0.3 is 14.4 Å². The van der Waals surface area contributed by atoms with Gasteiger partial charge in [0.2, 0.25) is 15.9 Å². The van der Waals surface area contributed by atoms with Gasteiger partial charge in [0, 0.05) is 26.2 Å². The van der Waals surface area contributed by atoms with Crippen molar-refractivity contribution >= 4 is 21.9 Å². The summed E-state index contributed by atoms with van der Waals surface area (Å²) in [5.41, 5.74) is 0.827. The Morgan fingerprint density at radius 1 is 1.10 bits per heavy atom. The van der Waals surface area contributed by atoms with E-state index in [1.165, 1.54) is 11.4 Å². The van der Waals surface area contributed by atoms with E-state index in [-0.39, 0.29) is 35.2 Å². The lowest BCUT2D eigenvalue weighted by atomic mass is 9.93. The average molecular weight is 453 g/mol. The van der Waals surface area contributed by atoms with Gasteiger partial charge in [-0.15, -0.1) is 0 Å². The number of sulfonamides is 1. The van der Waals surface area contributed by atoms with Crippen molar-refractivity contribution in [1.29, 1.82) is 0 Å². The average Bonchev–Trinajstić information content (AvgIpc) is 2.79. The zero-order valence-electron chi connectivity index (χ0n) is 18.5. The van der Waals surface area contributed by atoms with Crippen LogP contribution in [0.2, 0.25) is 0 Å². The SMILES string of the molecule is CCOC(=O)C1CCN(C(=O)[C@@H]2CCCN(S(=O)(=O)c3cc(C)ccc3OC)C2)CC1. The van der Waals surface area contributed by atoms with Gasteiger partial charge in [-0.2, -0.15) is 4.31 Å². The number of esters is 1. The first kappa shape index (κ1) is 23.5. The normalized spacial score (nSPS) is 21.0. The summed E-state index contributed by atoms with van der Waals surface area (Å²) < 4.78 is 38.4. The number of carbonyl (C=O) groups is 2. The Morgan fingerprint density at radius 3 is 2.45 bits per heavy atom. The third-order valence-corrected chi connectivity index (χ3v) is 7.98. The molecule has 0 aliphatic carbocycles. The van der Waals surface area contributed by atoms with Crippen LogP contribution in [-0.2, 0) is 24.3 Å². The molecule has 9 heteroatoms. The second kappa shape index (κ2) is 9.99. The van der Waals surface area contributed by atoms with Crippen molar-refractivity contribution in [2.24, 2.45) is 11.8 Å². The summed E-state index contributed by atoms with van der Waals surface area (Å²) in [6.45, 7) is 5.52.